The highest BCUT2D eigenvalue weighted by atomic mass is 79.9. The summed E-state index contributed by atoms with van der Waals surface area (Å²) in [5, 5.41) is 18.8. The maximum atomic E-state index is 14.6. The third kappa shape index (κ3) is 4.36. The Morgan fingerprint density at radius 3 is 2.75 bits per heavy atom. The highest BCUT2D eigenvalue weighted by Crippen LogP contribution is 2.61. The minimum absolute atomic E-state index is 0.000771. The number of aromatic nitrogens is 3. The minimum Gasteiger partial charge on any atom is -0.461 e. The molecule has 1 aromatic heterocycles. The van der Waals surface area contributed by atoms with Crippen molar-refractivity contribution in [1.29, 1.82) is 0 Å². The average Bonchev–Trinajstić information content (AvgIpc) is 3.65. The fraction of sp³-hybridized carbons (Fsp3) is 0.536. The molecule has 0 saturated carbocycles. The number of halogens is 1. The van der Waals surface area contributed by atoms with Crippen molar-refractivity contribution in [3.05, 3.63) is 49.6 Å². The number of para-hydroxylation sites is 1. The molecule has 2 amide bonds. The van der Waals surface area contributed by atoms with E-state index in [2.05, 4.69) is 39.4 Å². The van der Waals surface area contributed by atoms with Gasteiger partial charge in [-0.25, -0.2) is 4.68 Å². The summed E-state index contributed by atoms with van der Waals surface area (Å²) in [7, 11) is 0. The Hall–Kier alpha value is -3.09. The molecule has 4 heterocycles. The number of ether oxygens (including phenoxy) is 2. The Bertz CT molecular complexity index is 1330. The number of amides is 2. The van der Waals surface area contributed by atoms with E-state index >= 15 is 0 Å². The van der Waals surface area contributed by atoms with Crippen LogP contribution in [0.2, 0.25) is 0 Å². The van der Waals surface area contributed by atoms with Gasteiger partial charge in [0.15, 0.2) is 0 Å². The zero-order chi connectivity index (χ0) is 28.8. The first-order valence-electron chi connectivity index (χ1n) is 13.4. The van der Waals surface area contributed by atoms with Crippen LogP contribution in [0.25, 0.3) is 11.0 Å². The van der Waals surface area contributed by atoms with Crippen LogP contribution in [0.5, 0.6) is 0 Å². The van der Waals surface area contributed by atoms with Gasteiger partial charge < -0.3 is 24.4 Å². The summed E-state index contributed by atoms with van der Waals surface area (Å²) < 4.78 is 13.5. The second-order valence-corrected chi connectivity index (χ2v) is 12.1. The number of hydrogen-bond donors (Lipinski definition) is 1. The number of nitrogens with zero attached hydrogens (tertiary/aromatic N) is 5. The predicted molar refractivity (Wildman–Crippen MR) is 149 cm³/mol. The number of aliphatic hydroxyl groups excluding tert-OH is 1. The number of rotatable bonds is 11. The van der Waals surface area contributed by atoms with Crippen molar-refractivity contribution in [2.45, 2.75) is 55.6 Å². The van der Waals surface area contributed by atoms with Crippen LogP contribution in [0, 0.1) is 17.8 Å². The molecule has 5 rings (SSSR count). The number of aliphatic hydroxyl groups is 1. The molecule has 2 aromatic rings. The van der Waals surface area contributed by atoms with E-state index in [9.17, 15) is 19.5 Å². The van der Waals surface area contributed by atoms with Gasteiger partial charge in [0.25, 0.3) is 0 Å². The van der Waals surface area contributed by atoms with E-state index in [1.807, 2.05) is 38.1 Å². The van der Waals surface area contributed by atoms with Gasteiger partial charge in [0, 0.05) is 11.4 Å². The Morgan fingerprint density at radius 2 is 2.08 bits per heavy atom. The fourth-order valence-electron chi connectivity index (χ4n) is 6.56. The fourth-order valence-corrected chi connectivity index (χ4v) is 7.50. The minimum atomic E-state index is -1.28. The van der Waals surface area contributed by atoms with Crippen molar-refractivity contribution in [1.82, 2.24) is 24.8 Å². The van der Waals surface area contributed by atoms with Gasteiger partial charge in [-0.2, -0.15) is 0 Å². The molecule has 1 spiro atoms. The second kappa shape index (κ2) is 11.1. The molecule has 214 valence electrons. The number of fused-ring (bicyclic) bond motifs is 2. The van der Waals surface area contributed by atoms with Gasteiger partial charge >= 0.3 is 5.97 Å². The molecule has 7 atom stereocenters. The zero-order valence-corrected chi connectivity index (χ0v) is 24.1. The highest BCUT2D eigenvalue weighted by Gasteiger charge is 2.77. The van der Waals surface area contributed by atoms with Crippen LogP contribution in [-0.4, -0.2) is 96.1 Å². The zero-order valence-electron chi connectivity index (χ0n) is 22.6. The lowest BCUT2D eigenvalue weighted by molar-refractivity contribution is -0.156. The average molecular weight is 617 g/mol. The Kier molecular flexibility index (Phi) is 7.86. The van der Waals surface area contributed by atoms with Crippen molar-refractivity contribution >= 4 is 44.7 Å². The molecule has 12 heteroatoms. The summed E-state index contributed by atoms with van der Waals surface area (Å²) in [6.45, 7) is 11.1. The van der Waals surface area contributed by atoms with Gasteiger partial charge in [-0.3, -0.25) is 14.4 Å². The molecule has 1 N–H and O–H groups in total. The number of alkyl halides is 1. The van der Waals surface area contributed by atoms with E-state index in [1.54, 1.807) is 15.7 Å². The molecule has 0 aliphatic carbocycles. The van der Waals surface area contributed by atoms with E-state index < -0.39 is 47.5 Å². The van der Waals surface area contributed by atoms with Crippen LogP contribution < -0.4 is 0 Å². The van der Waals surface area contributed by atoms with Crippen LogP contribution in [0.1, 0.15) is 20.3 Å². The molecule has 3 aliphatic rings. The topological polar surface area (TPSA) is 127 Å². The number of hydrogen-bond acceptors (Lipinski definition) is 8. The van der Waals surface area contributed by atoms with Gasteiger partial charge in [-0.15, -0.1) is 11.7 Å². The molecular formula is C28H34BrN5O6. The van der Waals surface area contributed by atoms with Crippen LogP contribution >= 0.6 is 15.9 Å². The van der Waals surface area contributed by atoms with Gasteiger partial charge in [0.05, 0.1) is 36.1 Å². The lowest BCUT2D eigenvalue weighted by atomic mass is 9.70. The van der Waals surface area contributed by atoms with E-state index in [1.165, 1.54) is 11.0 Å². The number of likely N-dealkylation sites (tertiary alicyclic amines) is 1. The first-order chi connectivity index (χ1) is 19.2. The van der Waals surface area contributed by atoms with Crippen molar-refractivity contribution in [3.63, 3.8) is 0 Å². The predicted octanol–water partition coefficient (Wildman–Crippen LogP) is 1.90. The monoisotopic (exact) mass is 615 g/mol. The van der Waals surface area contributed by atoms with Gasteiger partial charge in [-0.1, -0.05) is 65.9 Å². The summed E-state index contributed by atoms with van der Waals surface area (Å²) in [5.41, 5.74) is 0.154. The summed E-state index contributed by atoms with van der Waals surface area (Å²) in [5.74, 6) is -3.33. The molecule has 3 unspecified atom stereocenters. The summed E-state index contributed by atoms with van der Waals surface area (Å²) in [6, 6.07) is 5.67. The Labute approximate surface area is 240 Å². The van der Waals surface area contributed by atoms with Crippen LogP contribution in [-0.2, 0) is 30.5 Å². The molecule has 11 nitrogen and oxygen atoms in total. The largest absolute Gasteiger partial charge is 0.461 e. The maximum absolute atomic E-state index is 14.6. The molecule has 3 fully saturated rings. The van der Waals surface area contributed by atoms with Crippen molar-refractivity contribution in [2.75, 3.05) is 19.8 Å². The SMILES string of the molecule is C=CCOC(=O)[C@H]1[C@H]2C(=O)N([C@@H](CO)C(C)C)C(C(=O)N(CC=C)Cn3nnc4ccccc43)C23CC(Br)[C@@H]1O3. The molecular weight excluding hydrogens is 582 g/mol. The normalized spacial score (nSPS) is 29.6. The van der Waals surface area contributed by atoms with Crippen LogP contribution in [0.4, 0.5) is 0 Å². The van der Waals surface area contributed by atoms with Gasteiger partial charge in [0.1, 0.15) is 30.4 Å². The molecule has 3 saturated heterocycles. The first-order valence-corrected chi connectivity index (χ1v) is 14.3. The molecule has 1 aromatic carbocycles. The standard InChI is InChI=1S/C28H34BrN5O6/c1-5-11-32(15-33-19-10-8-7-9-18(19)30-31-33)26(37)24-28-13-17(29)23(40-28)21(27(38)39-12-6-2)22(28)25(36)34(24)20(14-35)16(3)4/h5-10,16-17,20-24,35H,1-2,11-15H2,3-4H3/t17?,20-,21-,22-,23-,24?,28?/m0/s1. The Morgan fingerprint density at radius 1 is 1.32 bits per heavy atom. The smallest absolute Gasteiger partial charge is 0.312 e. The summed E-state index contributed by atoms with van der Waals surface area (Å²) in [4.78, 5) is 44.8. The first kappa shape index (κ1) is 28.4. The molecule has 0 radical (unpaired) electrons. The van der Waals surface area contributed by atoms with E-state index in [-0.39, 0.29) is 43.1 Å². The Balaban J connectivity index is 1.58. The highest BCUT2D eigenvalue weighted by molar-refractivity contribution is 9.09. The maximum Gasteiger partial charge on any atom is 0.312 e. The van der Waals surface area contributed by atoms with E-state index in [0.29, 0.717) is 11.9 Å². The lowest BCUT2D eigenvalue weighted by Crippen LogP contribution is -2.60. The summed E-state index contributed by atoms with van der Waals surface area (Å²) in [6.07, 6.45) is 2.78. The van der Waals surface area contributed by atoms with Gasteiger partial charge in [0.2, 0.25) is 11.8 Å². The number of benzene rings is 1. The number of esters is 1. The van der Waals surface area contributed by atoms with Crippen molar-refractivity contribution in [2.24, 2.45) is 17.8 Å². The number of carbonyl (C=O) groups is 3. The molecule has 3 aliphatic heterocycles. The van der Waals surface area contributed by atoms with Gasteiger partial charge in [-0.05, 0) is 24.5 Å². The van der Waals surface area contributed by atoms with E-state index in [4.69, 9.17) is 9.47 Å². The van der Waals surface area contributed by atoms with Crippen molar-refractivity contribution in [3.8, 4) is 0 Å². The quantitative estimate of drug-likeness (QED) is 0.231. The molecule has 2 bridgehead atoms. The van der Waals surface area contributed by atoms with Crippen LogP contribution in [0.15, 0.2) is 49.6 Å². The third-order valence-electron chi connectivity index (χ3n) is 8.28. The van der Waals surface area contributed by atoms with Crippen LogP contribution in [0.3, 0.4) is 0 Å². The van der Waals surface area contributed by atoms with Crippen molar-refractivity contribution < 1.29 is 29.0 Å². The van der Waals surface area contributed by atoms with E-state index in [0.717, 1.165) is 5.52 Å². The summed E-state index contributed by atoms with van der Waals surface area (Å²) >= 11 is 3.65. The number of carbonyl (C=O) groups excluding carboxylic acids is 3. The third-order valence-corrected chi connectivity index (χ3v) is 9.12. The second-order valence-electron chi connectivity index (χ2n) is 10.9. The lowest BCUT2D eigenvalue weighted by Gasteiger charge is -2.40. The molecule has 40 heavy (non-hydrogen) atoms.